The summed E-state index contributed by atoms with van der Waals surface area (Å²) in [6, 6.07) is 0. The SMILES string of the molecule is Br.C=C(CCC)C(=O)O.CCCCCCCCCCN(C)C. The molecular formula is C18H38BrNO2. The molecule has 0 unspecified atom stereocenters. The number of carboxylic acid groups (broad SMARTS) is 1. The van der Waals surface area contributed by atoms with Crippen LogP contribution < -0.4 is 0 Å². The Morgan fingerprint density at radius 1 is 0.909 bits per heavy atom. The first kappa shape index (κ1) is 26.5. The molecule has 0 radical (unpaired) electrons. The normalized spacial score (nSPS) is 9.68. The highest BCUT2D eigenvalue weighted by atomic mass is 79.9. The van der Waals surface area contributed by atoms with Crippen molar-refractivity contribution in [2.24, 2.45) is 0 Å². The van der Waals surface area contributed by atoms with Gasteiger partial charge in [0.25, 0.3) is 0 Å². The largest absolute Gasteiger partial charge is 0.478 e. The molecular weight excluding hydrogens is 342 g/mol. The average Bonchev–Trinajstić information content (AvgIpc) is 2.42. The van der Waals surface area contributed by atoms with Crippen LogP contribution in [0.4, 0.5) is 0 Å². The molecule has 0 saturated heterocycles. The Hall–Kier alpha value is -0.350. The zero-order valence-electron chi connectivity index (χ0n) is 15.2. The van der Waals surface area contributed by atoms with Crippen molar-refractivity contribution in [3.05, 3.63) is 12.2 Å². The van der Waals surface area contributed by atoms with Crippen LogP contribution in [0.5, 0.6) is 0 Å². The predicted octanol–water partition coefficient (Wildman–Crippen LogP) is 5.69. The van der Waals surface area contributed by atoms with Crippen LogP contribution in [0.15, 0.2) is 12.2 Å². The summed E-state index contributed by atoms with van der Waals surface area (Å²) in [4.78, 5) is 12.3. The van der Waals surface area contributed by atoms with Crippen LogP contribution in [0, 0.1) is 0 Å². The Morgan fingerprint density at radius 2 is 1.36 bits per heavy atom. The molecule has 0 rings (SSSR count). The van der Waals surface area contributed by atoms with E-state index in [2.05, 4.69) is 32.5 Å². The van der Waals surface area contributed by atoms with Gasteiger partial charge in [0.2, 0.25) is 0 Å². The third kappa shape index (κ3) is 24.7. The highest BCUT2D eigenvalue weighted by molar-refractivity contribution is 8.93. The van der Waals surface area contributed by atoms with Gasteiger partial charge in [-0.3, -0.25) is 0 Å². The minimum Gasteiger partial charge on any atom is -0.478 e. The van der Waals surface area contributed by atoms with Crippen molar-refractivity contribution in [1.29, 1.82) is 0 Å². The number of aliphatic carboxylic acids is 1. The molecule has 0 spiro atoms. The van der Waals surface area contributed by atoms with Crippen molar-refractivity contribution in [3.8, 4) is 0 Å². The molecule has 134 valence electrons. The van der Waals surface area contributed by atoms with Gasteiger partial charge in [0.1, 0.15) is 0 Å². The summed E-state index contributed by atoms with van der Waals surface area (Å²) >= 11 is 0. The van der Waals surface area contributed by atoms with Crippen molar-refractivity contribution in [3.63, 3.8) is 0 Å². The molecule has 0 aliphatic carbocycles. The molecule has 0 aromatic carbocycles. The number of carbonyl (C=O) groups is 1. The smallest absolute Gasteiger partial charge is 0.330 e. The maximum absolute atomic E-state index is 9.99. The van der Waals surface area contributed by atoms with Crippen LogP contribution in [-0.2, 0) is 4.79 Å². The summed E-state index contributed by atoms with van der Waals surface area (Å²) in [5, 5.41) is 8.21. The third-order valence-electron chi connectivity index (χ3n) is 3.31. The Labute approximate surface area is 148 Å². The van der Waals surface area contributed by atoms with Crippen LogP contribution in [-0.4, -0.2) is 36.6 Å². The van der Waals surface area contributed by atoms with E-state index >= 15 is 0 Å². The highest BCUT2D eigenvalue weighted by Gasteiger charge is 1.99. The first-order chi connectivity index (χ1) is 9.95. The Kier molecular flexibility index (Phi) is 24.9. The van der Waals surface area contributed by atoms with E-state index < -0.39 is 5.97 Å². The van der Waals surface area contributed by atoms with Gasteiger partial charge in [-0.1, -0.05) is 71.8 Å². The molecule has 0 saturated carbocycles. The van der Waals surface area contributed by atoms with E-state index in [1.54, 1.807) is 0 Å². The Bertz CT molecular complexity index is 255. The monoisotopic (exact) mass is 379 g/mol. The molecule has 4 heteroatoms. The average molecular weight is 380 g/mol. The van der Waals surface area contributed by atoms with E-state index in [1.807, 2.05) is 6.92 Å². The number of hydrogen-bond donors (Lipinski definition) is 1. The molecule has 22 heavy (non-hydrogen) atoms. The standard InChI is InChI=1S/C12H27N.C6H10O2.BrH/c1-4-5-6-7-8-9-10-11-12-13(2)3;1-3-4-5(2)6(7)8;/h4-12H2,1-3H3;2-4H2,1H3,(H,7,8);1H. The maximum Gasteiger partial charge on any atom is 0.330 e. The van der Waals surface area contributed by atoms with Gasteiger partial charge in [0.05, 0.1) is 0 Å². The molecule has 0 aromatic rings. The molecule has 3 nitrogen and oxygen atoms in total. The highest BCUT2D eigenvalue weighted by Crippen LogP contribution is 2.08. The van der Waals surface area contributed by atoms with E-state index in [9.17, 15) is 4.79 Å². The molecule has 0 aliphatic rings. The second-order valence-corrected chi connectivity index (χ2v) is 5.94. The number of hydrogen-bond acceptors (Lipinski definition) is 2. The molecule has 0 atom stereocenters. The zero-order valence-corrected chi connectivity index (χ0v) is 16.9. The fourth-order valence-electron chi connectivity index (χ4n) is 1.97. The number of carboxylic acids is 1. The van der Waals surface area contributed by atoms with Crippen molar-refractivity contribution in [2.45, 2.75) is 78.1 Å². The van der Waals surface area contributed by atoms with Crippen molar-refractivity contribution < 1.29 is 9.90 Å². The summed E-state index contributed by atoms with van der Waals surface area (Å²) in [6.07, 6.45) is 12.8. The lowest BCUT2D eigenvalue weighted by Gasteiger charge is -2.08. The van der Waals surface area contributed by atoms with Crippen LogP contribution in [0.2, 0.25) is 0 Å². The van der Waals surface area contributed by atoms with Gasteiger partial charge in [-0.15, -0.1) is 17.0 Å². The minimum atomic E-state index is -0.883. The van der Waals surface area contributed by atoms with Crippen LogP contribution in [0.3, 0.4) is 0 Å². The summed E-state index contributed by atoms with van der Waals surface area (Å²) in [5.41, 5.74) is 0.299. The summed E-state index contributed by atoms with van der Waals surface area (Å²) < 4.78 is 0. The molecule has 1 N–H and O–H groups in total. The van der Waals surface area contributed by atoms with Crippen molar-refractivity contribution >= 4 is 23.0 Å². The van der Waals surface area contributed by atoms with Gasteiger partial charge in [-0.05, 0) is 33.5 Å². The maximum atomic E-state index is 9.99. The quantitative estimate of drug-likeness (QED) is 0.349. The second-order valence-electron chi connectivity index (χ2n) is 5.94. The van der Waals surface area contributed by atoms with Gasteiger partial charge in [0.15, 0.2) is 0 Å². The molecule has 0 aromatic heterocycles. The van der Waals surface area contributed by atoms with Gasteiger partial charge in [0, 0.05) is 5.57 Å². The summed E-state index contributed by atoms with van der Waals surface area (Å²) in [5.74, 6) is -0.883. The number of unbranched alkanes of at least 4 members (excludes halogenated alkanes) is 7. The van der Waals surface area contributed by atoms with Crippen LogP contribution in [0.25, 0.3) is 0 Å². The zero-order chi connectivity index (χ0) is 16.5. The van der Waals surface area contributed by atoms with Crippen molar-refractivity contribution in [1.82, 2.24) is 4.90 Å². The lowest BCUT2D eigenvalue weighted by Crippen LogP contribution is -2.12. The van der Waals surface area contributed by atoms with Gasteiger partial charge in [-0.2, -0.15) is 0 Å². The lowest BCUT2D eigenvalue weighted by atomic mass is 10.1. The fraction of sp³-hybridized carbons (Fsp3) is 0.833. The predicted molar refractivity (Wildman–Crippen MR) is 103 cm³/mol. The third-order valence-corrected chi connectivity index (χ3v) is 3.31. The minimum absolute atomic E-state index is 0. The summed E-state index contributed by atoms with van der Waals surface area (Å²) in [6.45, 7) is 8.80. The fourth-order valence-corrected chi connectivity index (χ4v) is 1.97. The van der Waals surface area contributed by atoms with Crippen LogP contribution >= 0.6 is 17.0 Å². The molecule has 0 aliphatic heterocycles. The van der Waals surface area contributed by atoms with E-state index in [0.29, 0.717) is 12.0 Å². The van der Waals surface area contributed by atoms with E-state index in [-0.39, 0.29) is 17.0 Å². The van der Waals surface area contributed by atoms with Gasteiger partial charge < -0.3 is 10.0 Å². The molecule has 0 bridgehead atoms. The Morgan fingerprint density at radius 3 is 1.68 bits per heavy atom. The number of rotatable bonds is 12. The Balaban J connectivity index is -0.000000348. The lowest BCUT2D eigenvalue weighted by molar-refractivity contribution is -0.132. The first-order valence-corrected chi connectivity index (χ1v) is 8.51. The van der Waals surface area contributed by atoms with E-state index in [0.717, 1.165) is 6.42 Å². The summed E-state index contributed by atoms with van der Waals surface area (Å²) in [7, 11) is 4.31. The molecule has 0 heterocycles. The topological polar surface area (TPSA) is 40.5 Å². The molecule has 0 amide bonds. The number of halogens is 1. The van der Waals surface area contributed by atoms with E-state index in [4.69, 9.17) is 5.11 Å². The molecule has 0 fully saturated rings. The second kappa shape index (κ2) is 20.6. The van der Waals surface area contributed by atoms with Crippen molar-refractivity contribution in [2.75, 3.05) is 20.6 Å². The first-order valence-electron chi connectivity index (χ1n) is 8.51. The van der Waals surface area contributed by atoms with Crippen LogP contribution in [0.1, 0.15) is 78.1 Å². The van der Waals surface area contributed by atoms with Gasteiger partial charge >= 0.3 is 5.97 Å². The van der Waals surface area contributed by atoms with E-state index in [1.165, 1.54) is 57.9 Å². The number of nitrogens with zero attached hydrogens (tertiary/aromatic N) is 1. The van der Waals surface area contributed by atoms with Gasteiger partial charge in [-0.25, -0.2) is 4.79 Å².